The minimum Gasteiger partial charge on any atom is -0.506 e. The van der Waals surface area contributed by atoms with E-state index in [9.17, 15) is 10.2 Å². The van der Waals surface area contributed by atoms with E-state index in [0.29, 0.717) is 0 Å². The van der Waals surface area contributed by atoms with Gasteiger partial charge in [-0.3, -0.25) is 0 Å². The van der Waals surface area contributed by atoms with Gasteiger partial charge in [0.1, 0.15) is 5.75 Å². The van der Waals surface area contributed by atoms with Crippen molar-refractivity contribution >= 4 is 11.6 Å². The Balaban J connectivity index is 2.87. The number of halogens is 1. The Morgan fingerprint density at radius 3 is 2.56 bits per heavy atom. The first-order valence-electron chi connectivity index (χ1n) is 5.39. The zero-order valence-corrected chi connectivity index (χ0v) is 10.3. The number of benzene rings is 1. The number of rotatable bonds is 4. The van der Waals surface area contributed by atoms with Crippen LogP contribution in [0.1, 0.15) is 31.9 Å². The molecule has 0 aliphatic heterocycles. The molecule has 16 heavy (non-hydrogen) atoms. The normalized spacial score (nSPS) is 16.8. The number of aliphatic hydroxyl groups excluding tert-OH is 1. The molecule has 1 rings (SSSR count). The highest BCUT2D eigenvalue weighted by Gasteiger charge is 2.22. The largest absolute Gasteiger partial charge is 0.506 e. The van der Waals surface area contributed by atoms with Crippen LogP contribution in [0, 0.1) is 5.92 Å². The number of aliphatic hydroxyl groups is 1. The van der Waals surface area contributed by atoms with Crippen LogP contribution in [0.4, 0.5) is 0 Å². The number of nitrogens with two attached hydrogens (primary N) is 1. The van der Waals surface area contributed by atoms with E-state index in [1.165, 1.54) is 6.07 Å². The molecule has 3 atom stereocenters. The van der Waals surface area contributed by atoms with Crippen molar-refractivity contribution in [3.8, 4) is 5.75 Å². The highest BCUT2D eigenvalue weighted by molar-refractivity contribution is 6.32. The van der Waals surface area contributed by atoms with Gasteiger partial charge >= 0.3 is 0 Å². The topological polar surface area (TPSA) is 66.5 Å². The van der Waals surface area contributed by atoms with Crippen molar-refractivity contribution in [3.63, 3.8) is 0 Å². The summed E-state index contributed by atoms with van der Waals surface area (Å²) in [5.74, 6) is 0.151. The first-order chi connectivity index (χ1) is 7.47. The molecule has 0 bridgehead atoms. The number of hydrogen-bond donors (Lipinski definition) is 3. The molecule has 0 aliphatic rings. The van der Waals surface area contributed by atoms with Crippen molar-refractivity contribution in [2.24, 2.45) is 11.7 Å². The molecule has 0 amide bonds. The van der Waals surface area contributed by atoms with Crippen molar-refractivity contribution in [2.75, 3.05) is 0 Å². The summed E-state index contributed by atoms with van der Waals surface area (Å²) in [7, 11) is 0. The van der Waals surface area contributed by atoms with Gasteiger partial charge in [0.05, 0.1) is 17.2 Å². The average Bonchev–Trinajstić information content (AvgIpc) is 2.29. The second kappa shape index (κ2) is 5.53. The van der Waals surface area contributed by atoms with Gasteiger partial charge in [0.2, 0.25) is 0 Å². The fourth-order valence-electron chi connectivity index (χ4n) is 1.52. The highest BCUT2D eigenvalue weighted by atomic mass is 35.5. The summed E-state index contributed by atoms with van der Waals surface area (Å²) in [6, 6.07) is 4.28. The standard InChI is InChI=1S/C12H18ClNO2/c1-3-7(2)12(16)11(14)8-4-5-10(15)9(13)6-8/h4-7,11-12,15-16H,3,14H2,1-2H3/t7?,11-,12+/m1/s1. The Morgan fingerprint density at radius 1 is 1.44 bits per heavy atom. The Bertz CT molecular complexity index is 357. The molecule has 0 heterocycles. The molecule has 1 aromatic carbocycles. The average molecular weight is 244 g/mol. The molecule has 1 aromatic rings. The fourth-order valence-corrected chi connectivity index (χ4v) is 1.71. The molecule has 0 radical (unpaired) electrons. The van der Waals surface area contributed by atoms with Gasteiger partial charge in [-0.15, -0.1) is 0 Å². The van der Waals surface area contributed by atoms with Crippen LogP contribution in [0.5, 0.6) is 5.75 Å². The Kier molecular flexibility index (Phi) is 4.59. The maximum atomic E-state index is 9.97. The van der Waals surface area contributed by atoms with Gasteiger partial charge in [-0.1, -0.05) is 37.9 Å². The quantitative estimate of drug-likeness (QED) is 0.761. The van der Waals surface area contributed by atoms with Crippen LogP contribution >= 0.6 is 11.6 Å². The molecular weight excluding hydrogens is 226 g/mol. The third-order valence-corrected chi connectivity index (χ3v) is 3.25. The summed E-state index contributed by atoms with van der Waals surface area (Å²) >= 11 is 5.79. The predicted octanol–water partition coefficient (Wildman–Crippen LogP) is 2.45. The lowest BCUT2D eigenvalue weighted by molar-refractivity contribution is 0.0880. The Hall–Kier alpha value is -0.770. The SMILES string of the molecule is CCC(C)[C@H](O)[C@H](N)c1ccc(O)c(Cl)c1. The van der Waals surface area contributed by atoms with Gasteiger partial charge in [0.25, 0.3) is 0 Å². The molecule has 0 saturated heterocycles. The molecule has 0 saturated carbocycles. The lowest BCUT2D eigenvalue weighted by atomic mass is 9.91. The minimum absolute atomic E-state index is 0.0237. The summed E-state index contributed by atoms with van der Waals surface area (Å²) in [4.78, 5) is 0. The predicted molar refractivity (Wildman–Crippen MR) is 65.5 cm³/mol. The van der Waals surface area contributed by atoms with Crippen LogP contribution in [0.25, 0.3) is 0 Å². The van der Waals surface area contributed by atoms with Crippen LogP contribution in [-0.2, 0) is 0 Å². The molecule has 0 spiro atoms. The van der Waals surface area contributed by atoms with Crippen molar-refractivity contribution in [2.45, 2.75) is 32.4 Å². The van der Waals surface area contributed by atoms with E-state index in [2.05, 4.69) is 0 Å². The highest BCUT2D eigenvalue weighted by Crippen LogP contribution is 2.28. The van der Waals surface area contributed by atoms with Gasteiger partial charge in [-0.05, 0) is 23.6 Å². The molecule has 90 valence electrons. The van der Waals surface area contributed by atoms with Crippen molar-refractivity contribution in [1.29, 1.82) is 0 Å². The maximum absolute atomic E-state index is 9.97. The van der Waals surface area contributed by atoms with Crippen LogP contribution in [0.15, 0.2) is 18.2 Å². The maximum Gasteiger partial charge on any atom is 0.134 e. The summed E-state index contributed by atoms with van der Waals surface area (Å²) < 4.78 is 0. The molecule has 1 unspecified atom stereocenters. The molecular formula is C12H18ClNO2. The van der Waals surface area contributed by atoms with E-state index in [-0.39, 0.29) is 16.7 Å². The number of aromatic hydroxyl groups is 1. The van der Waals surface area contributed by atoms with Crippen molar-refractivity contribution in [1.82, 2.24) is 0 Å². The molecule has 0 aliphatic carbocycles. The van der Waals surface area contributed by atoms with E-state index in [0.717, 1.165) is 12.0 Å². The van der Waals surface area contributed by atoms with E-state index in [1.807, 2.05) is 13.8 Å². The fraction of sp³-hybridized carbons (Fsp3) is 0.500. The molecule has 0 fully saturated rings. The summed E-state index contributed by atoms with van der Waals surface area (Å²) in [6.07, 6.45) is 0.256. The zero-order chi connectivity index (χ0) is 12.3. The number of hydrogen-bond acceptors (Lipinski definition) is 3. The second-order valence-electron chi connectivity index (χ2n) is 4.11. The Labute approximate surface area is 101 Å². The summed E-state index contributed by atoms with van der Waals surface area (Å²) in [5, 5.41) is 19.5. The van der Waals surface area contributed by atoms with Crippen LogP contribution in [0.3, 0.4) is 0 Å². The van der Waals surface area contributed by atoms with E-state index < -0.39 is 12.1 Å². The van der Waals surface area contributed by atoms with Crippen LogP contribution < -0.4 is 5.73 Å². The van der Waals surface area contributed by atoms with Gasteiger partial charge < -0.3 is 15.9 Å². The smallest absolute Gasteiger partial charge is 0.134 e. The lowest BCUT2D eigenvalue weighted by Gasteiger charge is -2.24. The van der Waals surface area contributed by atoms with Crippen molar-refractivity contribution in [3.05, 3.63) is 28.8 Å². The first kappa shape index (κ1) is 13.3. The second-order valence-corrected chi connectivity index (χ2v) is 4.52. The monoisotopic (exact) mass is 243 g/mol. The molecule has 4 N–H and O–H groups in total. The van der Waals surface area contributed by atoms with Gasteiger partial charge in [-0.2, -0.15) is 0 Å². The van der Waals surface area contributed by atoms with E-state index >= 15 is 0 Å². The first-order valence-corrected chi connectivity index (χ1v) is 5.77. The van der Waals surface area contributed by atoms with Crippen LogP contribution in [-0.4, -0.2) is 16.3 Å². The lowest BCUT2D eigenvalue weighted by Crippen LogP contribution is -2.31. The summed E-state index contributed by atoms with van der Waals surface area (Å²) in [6.45, 7) is 3.96. The van der Waals surface area contributed by atoms with Gasteiger partial charge in [0.15, 0.2) is 0 Å². The number of phenolic OH excluding ortho intramolecular Hbond substituents is 1. The van der Waals surface area contributed by atoms with Crippen LogP contribution in [0.2, 0.25) is 5.02 Å². The van der Waals surface area contributed by atoms with E-state index in [4.69, 9.17) is 17.3 Å². The molecule has 4 heteroatoms. The van der Waals surface area contributed by atoms with Gasteiger partial charge in [-0.25, -0.2) is 0 Å². The minimum atomic E-state index is -0.606. The zero-order valence-electron chi connectivity index (χ0n) is 9.52. The third kappa shape index (κ3) is 2.88. The van der Waals surface area contributed by atoms with Crippen molar-refractivity contribution < 1.29 is 10.2 Å². The third-order valence-electron chi connectivity index (χ3n) is 2.95. The van der Waals surface area contributed by atoms with E-state index in [1.54, 1.807) is 12.1 Å². The molecule has 0 aromatic heterocycles. The number of phenols is 1. The Morgan fingerprint density at radius 2 is 2.06 bits per heavy atom. The van der Waals surface area contributed by atoms with Gasteiger partial charge in [0, 0.05) is 0 Å². The molecule has 3 nitrogen and oxygen atoms in total. The summed E-state index contributed by atoms with van der Waals surface area (Å²) in [5.41, 5.74) is 6.68.